The highest BCUT2D eigenvalue weighted by atomic mass is 16.6. The van der Waals surface area contributed by atoms with Crippen molar-refractivity contribution >= 4 is 5.97 Å². The van der Waals surface area contributed by atoms with Crippen LogP contribution in [0.4, 0.5) is 0 Å². The van der Waals surface area contributed by atoms with Gasteiger partial charge < -0.3 is 9.47 Å². The molecule has 1 aliphatic heterocycles. The highest BCUT2D eigenvalue weighted by Crippen LogP contribution is 2.39. The van der Waals surface area contributed by atoms with Crippen molar-refractivity contribution in [2.75, 3.05) is 6.61 Å². The average Bonchev–Trinajstić information content (AvgIpc) is 3.20. The minimum Gasteiger partial charge on any atom is -0.464 e. The molecule has 0 aliphatic carbocycles. The summed E-state index contributed by atoms with van der Waals surface area (Å²) in [5.74, 6) is -0.222. The Morgan fingerprint density at radius 2 is 2.00 bits per heavy atom. The predicted molar refractivity (Wildman–Crippen MR) is 69.2 cm³/mol. The van der Waals surface area contributed by atoms with E-state index in [4.69, 9.17) is 9.47 Å². The first-order valence-corrected chi connectivity index (χ1v) is 6.70. The zero-order valence-corrected chi connectivity index (χ0v) is 10.8. The first kappa shape index (κ1) is 13.1. The third kappa shape index (κ3) is 3.57. The fourth-order valence-corrected chi connectivity index (χ4v) is 1.97. The van der Waals surface area contributed by atoms with Crippen molar-refractivity contribution < 1.29 is 14.3 Å². The van der Waals surface area contributed by atoms with Gasteiger partial charge in [0.05, 0.1) is 6.61 Å². The Labute approximate surface area is 108 Å². The maximum Gasteiger partial charge on any atom is 0.338 e. The molecule has 1 aromatic carbocycles. The van der Waals surface area contributed by atoms with Gasteiger partial charge in [-0.3, -0.25) is 0 Å². The fraction of sp³-hybridized carbons (Fsp3) is 0.533. The van der Waals surface area contributed by atoms with Gasteiger partial charge >= 0.3 is 5.97 Å². The molecule has 2 unspecified atom stereocenters. The maximum atomic E-state index is 11.7. The van der Waals surface area contributed by atoms with Crippen LogP contribution in [0.3, 0.4) is 0 Å². The van der Waals surface area contributed by atoms with Gasteiger partial charge in [0.2, 0.25) is 0 Å². The number of hydrogen-bond donors (Lipinski definition) is 0. The number of esters is 1. The van der Waals surface area contributed by atoms with Crippen molar-refractivity contribution in [3.05, 3.63) is 35.9 Å². The van der Waals surface area contributed by atoms with Gasteiger partial charge in [-0.1, -0.05) is 56.5 Å². The van der Waals surface area contributed by atoms with Gasteiger partial charge in [-0.15, -0.1) is 0 Å². The Morgan fingerprint density at radius 1 is 1.22 bits per heavy atom. The molecule has 1 saturated heterocycles. The van der Waals surface area contributed by atoms with Crippen LogP contribution >= 0.6 is 0 Å². The minimum atomic E-state index is -0.390. The number of unbranched alkanes of at least 4 members (excludes halogenated alkanes) is 3. The predicted octanol–water partition coefficient (Wildman–Crippen LogP) is 3.25. The van der Waals surface area contributed by atoms with E-state index in [1.54, 1.807) is 0 Å². The van der Waals surface area contributed by atoms with E-state index in [2.05, 4.69) is 6.92 Å². The second kappa shape index (κ2) is 6.55. The SMILES string of the molecule is CCCCCCOC(=O)C1OC1c1ccccc1. The zero-order valence-electron chi connectivity index (χ0n) is 10.8. The molecule has 1 aliphatic rings. The van der Waals surface area contributed by atoms with Crippen LogP contribution in [0.5, 0.6) is 0 Å². The zero-order chi connectivity index (χ0) is 12.8. The van der Waals surface area contributed by atoms with Crippen LogP contribution in [0.1, 0.15) is 44.3 Å². The lowest BCUT2D eigenvalue weighted by molar-refractivity contribution is -0.145. The summed E-state index contributed by atoms with van der Waals surface area (Å²) in [5.41, 5.74) is 1.05. The first-order chi connectivity index (χ1) is 8.83. The molecule has 1 heterocycles. The van der Waals surface area contributed by atoms with Crippen LogP contribution in [0, 0.1) is 0 Å². The number of ether oxygens (including phenoxy) is 2. The van der Waals surface area contributed by atoms with Gasteiger partial charge in [0.15, 0.2) is 6.10 Å². The van der Waals surface area contributed by atoms with E-state index >= 15 is 0 Å². The third-order valence-electron chi connectivity index (χ3n) is 3.09. The average molecular weight is 248 g/mol. The molecule has 1 aromatic rings. The molecular weight excluding hydrogens is 228 g/mol. The topological polar surface area (TPSA) is 38.8 Å². The number of hydrogen-bond acceptors (Lipinski definition) is 3. The molecule has 0 N–H and O–H groups in total. The molecule has 0 aromatic heterocycles. The molecule has 0 saturated carbocycles. The number of carbonyl (C=O) groups is 1. The molecule has 3 nitrogen and oxygen atoms in total. The monoisotopic (exact) mass is 248 g/mol. The Hall–Kier alpha value is -1.35. The second-order valence-corrected chi connectivity index (χ2v) is 4.62. The van der Waals surface area contributed by atoms with Crippen LogP contribution in [-0.4, -0.2) is 18.7 Å². The molecule has 2 rings (SSSR count). The van der Waals surface area contributed by atoms with Crippen LogP contribution in [-0.2, 0) is 14.3 Å². The van der Waals surface area contributed by atoms with Gasteiger partial charge in [-0.05, 0) is 12.0 Å². The normalized spacial score (nSPS) is 21.6. The van der Waals surface area contributed by atoms with Crippen molar-refractivity contribution in [3.8, 4) is 0 Å². The Kier molecular flexibility index (Phi) is 4.76. The van der Waals surface area contributed by atoms with E-state index in [1.165, 1.54) is 12.8 Å². The molecule has 0 spiro atoms. The molecule has 98 valence electrons. The molecular formula is C15H20O3. The van der Waals surface area contributed by atoms with Gasteiger partial charge in [-0.25, -0.2) is 4.79 Å². The lowest BCUT2D eigenvalue weighted by atomic mass is 10.1. The number of epoxide rings is 1. The summed E-state index contributed by atoms with van der Waals surface area (Å²) in [7, 11) is 0. The summed E-state index contributed by atoms with van der Waals surface area (Å²) in [6.45, 7) is 2.68. The summed E-state index contributed by atoms with van der Waals surface area (Å²) >= 11 is 0. The Morgan fingerprint density at radius 3 is 2.72 bits per heavy atom. The summed E-state index contributed by atoms with van der Waals surface area (Å²) < 4.78 is 10.6. The highest BCUT2D eigenvalue weighted by molar-refractivity contribution is 5.78. The second-order valence-electron chi connectivity index (χ2n) is 4.62. The molecule has 0 bridgehead atoms. The minimum absolute atomic E-state index is 0.102. The lowest BCUT2D eigenvalue weighted by Crippen LogP contribution is -2.13. The summed E-state index contributed by atoms with van der Waals surface area (Å²) in [5, 5.41) is 0. The smallest absolute Gasteiger partial charge is 0.338 e. The first-order valence-electron chi connectivity index (χ1n) is 6.70. The molecule has 1 fully saturated rings. The van der Waals surface area contributed by atoms with Crippen molar-refractivity contribution in [1.29, 1.82) is 0 Å². The molecule has 0 amide bonds. The van der Waals surface area contributed by atoms with Crippen molar-refractivity contribution in [3.63, 3.8) is 0 Å². The third-order valence-corrected chi connectivity index (χ3v) is 3.09. The molecule has 18 heavy (non-hydrogen) atoms. The van der Waals surface area contributed by atoms with Crippen molar-refractivity contribution in [1.82, 2.24) is 0 Å². The van der Waals surface area contributed by atoms with Crippen molar-refractivity contribution in [2.24, 2.45) is 0 Å². The maximum absolute atomic E-state index is 11.7. The summed E-state index contributed by atoms with van der Waals surface area (Å²) in [6, 6.07) is 9.79. The van der Waals surface area contributed by atoms with Crippen LogP contribution in [0.2, 0.25) is 0 Å². The molecule has 3 heteroatoms. The van der Waals surface area contributed by atoms with Crippen molar-refractivity contribution in [2.45, 2.75) is 44.8 Å². The molecule has 0 radical (unpaired) electrons. The van der Waals surface area contributed by atoms with E-state index in [0.717, 1.165) is 18.4 Å². The van der Waals surface area contributed by atoms with Crippen LogP contribution in [0.25, 0.3) is 0 Å². The number of rotatable bonds is 7. The van der Waals surface area contributed by atoms with Gasteiger partial charge in [0, 0.05) is 0 Å². The highest BCUT2D eigenvalue weighted by Gasteiger charge is 2.47. The van der Waals surface area contributed by atoms with E-state index in [0.29, 0.717) is 6.61 Å². The largest absolute Gasteiger partial charge is 0.464 e. The Bertz CT molecular complexity index is 375. The van der Waals surface area contributed by atoms with E-state index in [1.807, 2.05) is 30.3 Å². The lowest BCUT2D eigenvalue weighted by Gasteiger charge is -2.02. The number of carbonyl (C=O) groups excluding carboxylic acids is 1. The molecule has 2 atom stereocenters. The van der Waals surface area contributed by atoms with Gasteiger partial charge in [-0.2, -0.15) is 0 Å². The fourth-order valence-electron chi connectivity index (χ4n) is 1.97. The standard InChI is InChI=1S/C15H20O3/c1-2-3-4-8-11-17-15(16)14-13(18-14)12-9-6-5-7-10-12/h5-7,9-10,13-14H,2-4,8,11H2,1H3. The van der Waals surface area contributed by atoms with Gasteiger partial charge in [0.1, 0.15) is 6.10 Å². The summed E-state index contributed by atoms with van der Waals surface area (Å²) in [6.07, 6.45) is 3.97. The Balaban J connectivity index is 1.67. The van der Waals surface area contributed by atoms with Crippen LogP contribution in [0.15, 0.2) is 30.3 Å². The number of benzene rings is 1. The quantitative estimate of drug-likeness (QED) is 0.422. The van der Waals surface area contributed by atoms with Crippen LogP contribution < -0.4 is 0 Å². The van der Waals surface area contributed by atoms with E-state index < -0.39 is 6.10 Å². The van der Waals surface area contributed by atoms with E-state index in [9.17, 15) is 4.79 Å². The van der Waals surface area contributed by atoms with Gasteiger partial charge in [0.25, 0.3) is 0 Å². The van der Waals surface area contributed by atoms with E-state index in [-0.39, 0.29) is 12.1 Å². The summed E-state index contributed by atoms with van der Waals surface area (Å²) in [4.78, 5) is 11.7.